The first kappa shape index (κ1) is 21.0. The Kier molecular flexibility index (Phi) is 5.72. The van der Waals surface area contributed by atoms with Gasteiger partial charge in [-0.1, -0.05) is 55.8 Å². The molecule has 31 heavy (non-hydrogen) atoms. The lowest BCUT2D eigenvalue weighted by atomic mass is 9.98. The lowest BCUT2D eigenvalue weighted by Crippen LogP contribution is -2.43. The van der Waals surface area contributed by atoms with Gasteiger partial charge in [0.2, 0.25) is 0 Å². The summed E-state index contributed by atoms with van der Waals surface area (Å²) in [6.45, 7) is 2.12. The third kappa shape index (κ3) is 4.15. The average Bonchev–Trinajstić information content (AvgIpc) is 2.77. The van der Waals surface area contributed by atoms with Crippen molar-refractivity contribution in [2.75, 3.05) is 10.2 Å². The zero-order valence-electron chi connectivity index (χ0n) is 17.1. The van der Waals surface area contributed by atoms with Crippen molar-refractivity contribution >= 4 is 17.3 Å². The molecule has 0 saturated heterocycles. The predicted molar refractivity (Wildman–Crippen MR) is 116 cm³/mol. The van der Waals surface area contributed by atoms with E-state index < -0.39 is 17.9 Å². The summed E-state index contributed by atoms with van der Waals surface area (Å²) in [7, 11) is 0. The molecule has 1 aliphatic heterocycles. The predicted octanol–water partition coefficient (Wildman–Crippen LogP) is 6.82. The maximum absolute atomic E-state index is 13.8. The van der Waals surface area contributed by atoms with Gasteiger partial charge >= 0.3 is 6.18 Å². The molecule has 1 aliphatic rings. The highest BCUT2D eigenvalue weighted by molar-refractivity contribution is 6.12. The number of unbranched alkanes of at least 4 members (excludes halogenated alkanes) is 1. The molecule has 1 atom stereocenters. The number of carbonyl (C=O) groups excluding carboxylic acids is 1. The summed E-state index contributed by atoms with van der Waals surface area (Å²) in [6.07, 6.45) is -2.47. The van der Waals surface area contributed by atoms with E-state index in [9.17, 15) is 18.0 Å². The van der Waals surface area contributed by atoms with Crippen LogP contribution in [-0.2, 0) is 12.6 Å². The number of alkyl halides is 3. The van der Waals surface area contributed by atoms with Crippen molar-refractivity contribution in [2.24, 2.45) is 0 Å². The van der Waals surface area contributed by atoms with Crippen LogP contribution in [-0.4, -0.2) is 5.91 Å². The second-order valence-corrected chi connectivity index (χ2v) is 7.62. The minimum Gasteiger partial charge on any atom is -0.360 e. The van der Waals surface area contributed by atoms with Crippen molar-refractivity contribution in [2.45, 2.75) is 38.5 Å². The number of fused-ring (bicyclic) bond motifs is 1. The van der Waals surface area contributed by atoms with Crippen LogP contribution < -0.4 is 10.2 Å². The molecule has 0 saturated carbocycles. The third-order valence-electron chi connectivity index (χ3n) is 5.52. The minimum atomic E-state index is -4.53. The second-order valence-electron chi connectivity index (χ2n) is 7.62. The molecule has 0 fully saturated rings. The van der Waals surface area contributed by atoms with E-state index in [4.69, 9.17) is 0 Å². The van der Waals surface area contributed by atoms with Gasteiger partial charge in [0, 0.05) is 16.9 Å². The third-order valence-corrected chi connectivity index (χ3v) is 5.52. The molecule has 3 aromatic rings. The number of carbonyl (C=O) groups is 1. The molecule has 160 valence electrons. The summed E-state index contributed by atoms with van der Waals surface area (Å²) in [4.78, 5) is 14.8. The van der Waals surface area contributed by atoms with E-state index in [2.05, 4.69) is 12.2 Å². The van der Waals surface area contributed by atoms with Gasteiger partial charge in [0.15, 0.2) is 0 Å². The highest BCUT2D eigenvalue weighted by atomic mass is 19.4. The summed E-state index contributed by atoms with van der Waals surface area (Å²) in [5.41, 5.74) is 1.88. The van der Waals surface area contributed by atoms with Crippen molar-refractivity contribution in [1.29, 1.82) is 0 Å². The largest absolute Gasteiger partial charge is 0.416 e. The zero-order valence-corrected chi connectivity index (χ0v) is 17.1. The summed E-state index contributed by atoms with van der Waals surface area (Å²) < 4.78 is 41.3. The molecule has 3 nitrogen and oxygen atoms in total. The van der Waals surface area contributed by atoms with Crippen molar-refractivity contribution < 1.29 is 18.0 Å². The molecular weight excluding hydrogens is 401 g/mol. The first-order chi connectivity index (χ1) is 14.9. The number of para-hydroxylation sites is 1. The Labute approximate surface area is 179 Å². The molecule has 1 unspecified atom stereocenters. The molecule has 3 aromatic carbocycles. The van der Waals surface area contributed by atoms with Gasteiger partial charge in [-0.2, -0.15) is 13.2 Å². The SMILES string of the molecule is CCCCc1ccc(N2C(=O)c3ccccc3NC2c2ccccc2C(F)(F)F)cc1. The van der Waals surface area contributed by atoms with Crippen molar-refractivity contribution in [1.82, 2.24) is 0 Å². The fraction of sp³-hybridized carbons (Fsp3) is 0.240. The van der Waals surface area contributed by atoms with Gasteiger partial charge in [-0.05, 0) is 48.7 Å². The van der Waals surface area contributed by atoms with Crippen LogP contribution in [0.5, 0.6) is 0 Å². The van der Waals surface area contributed by atoms with Crippen LogP contribution in [0.4, 0.5) is 24.5 Å². The molecule has 6 heteroatoms. The Morgan fingerprint density at radius 2 is 1.61 bits per heavy atom. The Hall–Kier alpha value is -3.28. The average molecular weight is 424 g/mol. The Morgan fingerprint density at radius 1 is 0.935 bits per heavy atom. The van der Waals surface area contributed by atoms with Gasteiger partial charge in [-0.3, -0.25) is 9.69 Å². The first-order valence-corrected chi connectivity index (χ1v) is 10.3. The second kappa shape index (κ2) is 8.46. The topological polar surface area (TPSA) is 32.3 Å². The fourth-order valence-corrected chi connectivity index (χ4v) is 3.94. The van der Waals surface area contributed by atoms with E-state index in [0.717, 1.165) is 30.9 Å². The van der Waals surface area contributed by atoms with Crippen LogP contribution in [0, 0.1) is 0 Å². The Bertz CT molecular complexity index is 1080. The van der Waals surface area contributed by atoms with Gasteiger partial charge in [0.1, 0.15) is 6.17 Å². The summed E-state index contributed by atoms with van der Waals surface area (Å²) in [5, 5.41) is 3.16. The van der Waals surface area contributed by atoms with Crippen LogP contribution in [0.25, 0.3) is 0 Å². The van der Waals surface area contributed by atoms with E-state index in [-0.39, 0.29) is 11.5 Å². The zero-order chi connectivity index (χ0) is 22.0. The van der Waals surface area contributed by atoms with E-state index in [1.54, 1.807) is 30.3 Å². The highest BCUT2D eigenvalue weighted by Crippen LogP contribution is 2.41. The summed E-state index contributed by atoms with van der Waals surface area (Å²) >= 11 is 0. The monoisotopic (exact) mass is 424 g/mol. The minimum absolute atomic E-state index is 0.00733. The maximum atomic E-state index is 13.8. The number of hydrogen-bond acceptors (Lipinski definition) is 2. The number of hydrogen-bond donors (Lipinski definition) is 1. The lowest BCUT2D eigenvalue weighted by molar-refractivity contribution is -0.138. The number of anilines is 2. The van der Waals surface area contributed by atoms with Crippen LogP contribution >= 0.6 is 0 Å². The van der Waals surface area contributed by atoms with Gasteiger partial charge in [-0.15, -0.1) is 0 Å². The smallest absolute Gasteiger partial charge is 0.360 e. The van der Waals surface area contributed by atoms with Gasteiger partial charge < -0.3 is 5.32 Å². The normalized spacial score (nSPS) is 16.1. The number of halogens is 3. The van der Waals surface area contributed by atoms with Crippen molar-refractivity contribution in [3.05, 3.63) is 95.1 Å². The van der Waals surface area contributed by atoms with Gasteiger partial charge in [-0.25, -0.2) is 0 Å². The van der Waals surface area contributed by atoms with Crippen LogP contribution in [0.2, 0.25) is 0 Å². The molecule has 4 rings (SSSR count). The van der Waals surface area contributed by atoms with Gasteiger partial charge in [0.25, 0.3) is 5.91 Å². The standard InChI is InChI=1S/C25H23F3N2O/c1-2-3-8-17-13-15-18(16-14-17)30-23(19-9-4-6-11-21(19)25(26,27)28)29-22-12-7-5-10-20(22)24(30)31/h4-7,9-16,23,29H,2-3,8H2,1H3. The quantitative estimate of drug-likeness (QED) is 0.487. The number of rotatable bonds is 5. The number of aryl methyl sites for hydroxylation is 1. The van der Waals surface area contributed by atoms with E-state index in [0.29, 0.717) is 16.9 Å². The van der Waals surface area contributed by atoms with Crippen molar-refractivity contribution in [3.63, 3.8) is 0 Å². The number of nitrogens with zero attached hydrogens (tertiary/aromatic N) is 1. The molecule has 0 radical (unpaired) electrons. The van der Waals surface area contributed by atoms with Crippen LogP contribution in [0.15, 0.2) is 72.8 Å². The number of amides is 1. The molecule has 0 bridgehead atoms. The van der Waals surface area contributed by atoms with Crippen LogP contribution in [0.1, 0.15) is 53.0 Å². The molecule has 0 aromatic heterocycles. The van der Waals surface area contributed by atoms with Crippen molar-refractivity contribution in [3.8, 4) is 0 Å². The van der Waals surface area contributed by atoms with E-state index in [1.807, 2.05) is 24.3 Å². The maximum Gasteiger partial charge on any atom is 0.416 e. The van der Waals surface area contributed by atoms with Gasteiger partial charge in [0.05, 0.1) is 11.1 Å². The molecule has 0 spiro atoms. The lowest BCUT2D eigenvalue weighted by Gasteiger charge is -2.39. The number of benzene rings is 3. The highest BCUT2D eigenvalue weighted by Gasteiger charge is 2.40. The molecule has 1 heterocycles. The summed E-state index contributed by atoms with van der Waals surface area (Å²) in [6, 6.07) is 19.8. The van der Waals surface area contributed by atoms with Crippen LogP contribution in [0.3, 0.4) is 0 Å². The van der Waals surface area contributed by atoms with E-state index in [1.165, 1.54) is 17.0 Å². The molecule has 1 N–H and O–H groups in total. The molecule has 0 aliphatic carbocycles. The molecule has 1 amide bonds. The summed E-state index contributed by atoms with van der Waals surface area (Å²) in [5.74, 6) is -0.336. The Balaban J connectivity index is 1.82. The fourth-order valence-electron chi connectivity index (χ4n) is 3.94. The Morgan fingerprint density at radius 3 is 2.32 bits per heavy atom. The first-order valence-electron chi connectivity index (χ1n) is 10.3. The number of nitrogens with one attached hydrogen (secondary N) is 1. The molecular formula is C25H23F3N2O. The van der Waals surface area contributed by atoms with E-state index >= 15 is 0 Å².